The van der Waals surface area contributed by atoms with Crippen LogP contribution in [0.2, 0.25) is 0 Å². The molecule has 0 unspecified atom stereocenters. The summed E-state index contributed by atoms with van der Waals surface area (Å²) in [7, 11) is 0. The molecular formula is C8H10BrN3. The zero-order valence-corrected chi connectivity index (χ0v) is 8.62. The van der Waals surface area contributed by atoms with Gasteiger partial charge in [-0.15, -0.1) is 0 Å². The van der Waals surface area contributed by atoms with Crippen LogP contribution < -0.4 is 0 Å². The van der Waals surface area contributed by atoms with Crippen molar-refractivity contribution < 1.29 is 0 Å². The van der Waals surface area contributed by atoms with Crippen LogP contribution in [0.5, 0.6) is 0 Å². The quantitative estimate of drug-likeness (QED) is 0.693. The fraction of sp³-hybridized carbons (Fsp3) is 0.250. The van der Waals surface area contributed by atoms with Gasteiger partial charge in [0.15, 0.2) is 0 Å². The molecule has 2 heterocycles. The van der Waals surface area contributed by atoms with Gasteiger partial charge in [-0.2, -0.15) is 5.10 Å². The Morgan fingerprint density at radius 2 is 2.17 bits per heavy atom. The second-order valence-electron chi connectivity index (χ2n) is 1.89. The summed E-state index contributed by atoms with van der Waals surface area (Å²) in [5, 5.41) is 3.98. The Morgan fingerprint density at radius 3 is 2.83 bits per heavy atom. The first kappa shape index (κ1) is 9.19. The third-order valence-corrected chi connectivity index (χ3v) is 1.90. The van der Waals surface area contributed by atoms with Crippen LogP contribution in [0, 0.1) is 0 Å². The minimum atomic E-state index is 0.826. The predicted octanol–water partition coefficient (Wildman–Crippen LogP) is 2.52. The lowest BCUT2D eigenvalue weighted by atomic mass is 10.5. The van der Waals surface area contributed by atoms with Crippen molar-refractivity contribution in [1.29, 1.82) is 0 Å². The maximum Gasteiger partial charge on any atom is 0.137 e. The molecule has 0 N–H and O–H groups in total. The van der Waals surface area contributed by atoms with Crippen molar-refractivity contribution in [3.05, 3.63) is 29.3 Å². The van der Waals surface area contributed by atoms with E-state index in [-0.39, 0.29) is 0 Å². The Hall–Kier alpha value is -0.900. The van der Waals surface area contributed by atoms with E-state index in [0.29, 0.717) is 0 Å². The van der Waals surface area contributed by atoms with Gasteiger partial charge in [0, 0.05) is 6.20 Å². The first-order valence-electron chi connectivity index (χ1n) is 3.82. The lowest BCUT2D eigenvalue weighted by Gasteiger charge is -1.92. The van der Waals surface area contributed by atoms with Crippen molar-refractivity contribution in [3.63, 3.8) is 0 Å². The van der Waals surface area contributed by atoms with Crippen LogP contribution in [0.1, 0.15) is 13.8 Å². The van der Waals surface area contributed by atoms with E-state index in [1.165, 1.54) is 6.33 Å². The molecule has 0 atom stereocenters. The molecule has 4 heteroatoms. The summed E-state index contributed by atoms with van der Waals surface area (Å²) in [6, 6.07) is 3.87. The molecule has 0 amide bonds. The van der Waals surface area contributed by atoms with Gasteiger partial charge in [-0.1, -0.05) is 13.8 Å². The smallest absolute Gasteiger partial charge is 0.137 e. The Kier molecular flexibility index (Phi) is 3.22. The average Bonchev–Trinajstić information content (AvgIpc) is 2.57. The van der Waals surface area contributed by atoms with Gasteiger partial charge < -0.3 is 0 Å². The number of rotatable bonds is 0. The van der Waals surface area contributed by atoms with Crippen LogP contribution in [-0.2, 0) is 0 Å². The molecule has 3 nitrogen and oxygen atoms in total. The van der Waals surface area contributed by atoms with Crippen molar-refractivity contribution in [3.8, 4) is 0 Å². The summed E-state index contributed by atoms with van der Waals surface area (Å²) >= 11 is 3.30. The normalized spacial score (nSPS) is 9.25. The first-order valence-corrected chi connectivity index (χ1v) is 4.61. The van der Waals surface area contributed by atoms with Crippen molar-refractivity contribution in [2.24, 2.45) is 0 Å². The van der Waals surface area contributed by atoms with Gasteiger partial charge in [0.25, 0.3) is 0 Å². The zero-order valence-electron chi connectivity index (χ0n) is 7.03. The van der Waals surface area contributed by atoms with Gasteiger partial charge in [-0.05, 0) is 28.1 Å². The minimum absolute atomic E-state index is 0.826. The van der Waals surface area contributed by atoms with Gasteiger partial charge in [0.1, 0.15) is 10.9 Å². The molecule has 0 aromatic carbocycles. The molecular weight excluding hydrogens is 218 g/mol. The Morgan fingerprint density at radius 1 is 1.42 bits per heavy atom. The fourth-order valence-electron chi connectivity index (χ4n) is 0.835. The predicted molar refractivity (Wildman–Crippen MR) is 52.0 cm³/mol. The molecule has 0 spiro atoms. The Balaban J connectivity index is 0.000000336. The minimum Gasteiger partial charge on any atom is -0.237 e. The van der Waals surface area contributed by atoms with Crippen LogP contribution in [0.25, 0.3) is 5.52 Å². The van der Waals surface area contributed by atoms with Crippen molar-refractivity contribution in [2.45, 2.75) is 13.8 Å². The highest BCUT2D eigenvalue weighted by Crippen LogP contribution is 2.12. The van der Waals surface area contributed by atoms with E-state index < -0.39 is 0 Å². The molecule has 0 radical (unpaired) electrons. The third kappa shape index (κ3) is 1.64. The van der Waals surface area contributed by atoms with E-state index in [1.54, 1.807) is 4.52 Å². The summed E-state index contributed by atoms with van der Waals surface area (Å²) < 4.78 is 2.59. The molecule has 0 aliphatic carbocycles. The second kappa shape index (κ2) is 4.21. The van der Waals surface area contributed by atoms with Crippen molar-refractivity contribution >= 4 is 21.4 Å². The van der Waals surface area contributed by atoms with Crippen LogP contribution in [0.4, 0.5) is 0 Å². The average molecular weight is 228 g/mol. The Bertz CT molecular complexity index is 356. The van der Waals surface area contributed by atoms with Gasteiger partial charge in [0.05, 0.1) is 5.52 Å². The molecule has 64 valence electrons. The van der Waals surface area contributed by atoms with E-state index in [0.717, 1.165) is 10.1 Å². The van der Waals surface area contributed by atoms with E-state index in [4.69, 9.17) is 0 Å². The Labute approximate surface area is 79.6 Å². The van der Waals surface area contributed by atoms with Crippen LogP contribution >= 0.6 is 15.9 Å². The van der Waals surface area contributed by atoms with E-state index >= 15 is 0 Å². The van der Waals surface area contributed by atoms with Gasteiger partial charge in [-0.3, -0.25) is 0 Å². The molecule has 0 bridgehead atoms. The number of aromatic nitrogens is 3. The molecule has 0 aliphatic rings. The third-order valence-electron chi connectivity index (χ3n) is 1.29. The first-order chi connectivity index (χ1) is 5.88. The monoisotopic (exact) mass is 227 g/mol. The molecule has 0 saturated heterocycles. The summed E-state index contributed by atoms with van der Waals surface area (Å²) in [4.78, 5) is 3.96. The molecule has 0 saturated carbocycles. The molecule has 2 aromatic heterocycles. The standard InChI is InChI=1S/C6H4BrN3.C2H6/c7-6-5-2-1-3-10(5)9-4-8-6;1-2/h1-4H;1-2H3. The number of halogens is 1. The summed E-state index contributed by atoms with van der Waals surface area (Å²) in [5.74, 6) is 0. The lowest BCUT2D eigenvalue weighted by Crippen LogP contribution is -1.90. The topological polar surface area (TPSA) is 30.2 Å². The van der Waals surface area contributed by atoms with E-state index in [9.17, 15) is 0 Å². The lowest BCUT2D eigenvalue weighted by molar-refractivity contribution is 0.894. The molecule has 0 fully saturated rings. The van der Waals surface area contributed by atoms with E-state index in [2.05, 4.69) is 26.0 Å². The summed E-state index contributed by atoms with van der Waals surface area (Å²) in [5.41, 5.74) is 0.988. The number of hydrogen-bond donors (Lipinski definition) is 0. The molecule has 2 aromatic rings. The van der Waals surface area contributed by atoms with Gasteiger partial charge >= 0.3 is 0 Å². The van der Waals surface area contributed by atoms with Crippen LogP contribution in [0.3, 0.4) is 0 Å². The van der Waals surface area contributed by atoms with Crippen molar-refractivity contribution in [1.82, 2.24) is 14.6 Å². The van der Waals surface area contributed by atoms with Crippen LogP contribution in [-0.4, -0.2) is 14.6 Å². The van der Waals surface area contributed by atoms with E-state index in [1.807, 2.05) is 32.2 Å². The zero-order chi connectivity index (χ0) is 8.97. The van der Waals surface area contributed by atoms with Crippen molar-refractivity contribution in [2.75, 3.05) is 0 Å². The van der Waals surface area contributed by atoms with Crippen LogP contribution in [0.15, 0.2) is 29.3 Å². The molecule has 0 aliphatic heterocycles. The molecule has 2 rings (SSSR count). The largest absolute Gasteiger partial charge is 0.237 e. The maximum absolute atomic E-state index is 3.98. The fourth-order valence-corrected chi connectivity index (χ4v) is 1.24. The summed E-state index contributed by atoms with van der Waals surface area (Å²) in [6.07, 6.45) is 3.39. The SMILES string of the molecule is Brc1ncnn2cccc12.CC. The van der Waals surface area contributed by atoms with Gasteiger partial charge in [-0.25, -0.2) is 9.50 Å². The number of fused-ring (bicyclic) bond motifs is 1. The number of nitrogens with zero attached hydrogens (tertiary/aromatic N) is 3. The summed E-state index contributed by atoms with van der Waals surface area (Å²) in [6.45, 7) is 4.00. The number of hydrogen-bond acceptors (Lipinski definition) is 2. The second-order valence-corrected chi connectivity index (χ2v) is 2.64. The highest BCUT2D eigenvalue weighted by Gasteiger charge is 1.96. The molecule has 12 heavy (non-hydrogen) atoms. The maximum atomic E-state index is 3.98. The highest BCUT2D eigenvalue weighted by molar-refractivity contribution is 9.10. The van der Waals surface area contributed by atoms with Gasteiger partial charge in [0.2, 0.25) is 0 Å². The highest BCUT2D eigenvalue weighted by atomic mass is 79.9.